The molecule has 0 bridgehead atoms. The number of carboxylic acids is 1. The fourth-order valence-corrected chi connectivity index (χ4v) is 6.07. The monoisotopic (exact) mass is 692 g/mol. The number of benzene rings is 3. The minimum atomic E-state index is -1.34. The van der Waals surface area contributed by atoms with Crippen LogP contribution in [-0.2, 0) is 0 Å². The van der Waals surface area contributed by atoms with Crippen LogP contribution in [0.4, 0.5) is 0 Å². The van der Waals surface area contributed by atoms with E-state index in [1.165, 1.54) is 12.1 Å². The van der Waals surface area contributed by atoms with Crippen molar-refractivity contribution in [3.63, 3.8) is 0 Å². The molecule has 0 saturated carbocycles. The van der Waals surface area contributed by atoms with E-state index >= 15 is 0 Å². The number of aromatic carboxylic acids is 1. The van der Waals surface area contributed by atoms with Crippen molar-refractivity contribution in [2.75, 3.05) is 0 Å². The smallest absolute Gasteiger partial charge is 0.337 e. The van der Waals surface area contributed by atoms with Gasteiger partial charge in [0.2, 0.25) is 5.43 Å². The minimum Gasteiger partial charge on any atom is -0.507 e. The molecule has 5 nitrogen and oxygen atoms in total. The molecule has 2 radical (unpaired) electrons. The molecule has 1 heterocycles. The molecule has 0 aromatic heterocycles. The van der Waals surface area contributed by atoms with Crippen molar-refractivity contribution in [3.05, 3.63) is 62.0 Å². The number of aromatic hydroxyl groups is 1. The Morgan fingerprint density at radius 3 is 2.27 bits per heavy atom. The molecule has 12 heteroatoms. The summed E-state index contributed by atoms with van der Waals surface area (Å²) in [6.45, 7) is 1.60. The lowest BCUT2D eigenvalue weighted by Gasteiger charge is -2.22. The third-order valence-corrected chi connectivity index (χ3v) is 8.59. The maximum absolute atomic E-state index is 12.6. The van der Waals surface area contributed by atoms with Crippen molar-refractivity contribution in [1.82, 2.24) is 0 Å². The van der Waals surface area contributed by atoms with Crippen LogP contribution in [-0.4, -0.2) is 24.0 Å². The summed E-state index contributed by atoms with van der Waals surface area (Å²) in [6, 6.07) is 2.93. The molecule has 2 aromatic carbocycles. The maximum Gasteiger partial charge on any atom is 0.337 e. The average Bonchev–Trinajstić information content (AvgIpc) is 2.76. The summed E-state index contributed by atoms with van der Waals surface area (Å²) in [6.07, 6.45) is 0. The number of carboxylic acid groups (broad SMARTS) is 1. The summed E-state index contributed by atoms with van der Waals surface area (Å²) < 4.78 is 6.39. The van der Waals surface area contributed by atoms with Crippen LogP contribution in [0.2, 0.25) is 15.1 Å². The van der Waals surface area contributed by atoms with E-state index in [1.54, 1.807) is 6.92 Å². The first kappa shape index (κ1) is 24.9. The lowest BCUT2D eigenvalue weighted by molar-refractivity contribution is 0.0698. The SMILES string of the molecule is [B]c1cc2c(-c3c(C)c(Cl)c(Cl)c(Cl)c3C(=O)O)c3cc(Br)c(=O)c(Br)c-3oc2c(Br)c1O. The third-order valence-electron chi connectivity index (χ3n) is 5.12. The number of phenolic OH excluding ortho intramolecular Hbond substituents is 1. The number of phenols is 1. The zero-order chi connectivity index (χ0) is 24.5. The maximum atomic E-state index is 12.6. The number of rotatable bonds is 2. The van der Waals surface area contributed by atoms with Crippen molar-refractivity contribution in [3.8, 4) is 28.2 Å². The number of hydrogen-bond acceptors (Lipinski definition) is 4. The van der Waals surface area contributed by atoms with Crippen molar-refractivity contribution in [2.24, 2.45) is 0 Å². The normalized spacial score (nSPS) is 11.5. The van der Waals surface area contributed by atoms with Crippen molar-refractivity contribution >= 4 is 113 Å². The second kappa shape index (κ2) is 8.77. The summed E-state index contributed by atoms with van der Waals surface area (Å²) in [5.74, 6) is -1.52. The standard InChI is InChI=1S/C21H7BBr3Cl3O5/c1-4-9(11(21(31)32)15(27)16(28)14(4)26)10-5-2-7(22)17(29)12(24)19(5)33-20-6(10)3-8(23)18(30)13(20)25/h2-3,29H,1H3,(H,31,32). The highest BCUT2D eigenvalue weighted by Crippen LogP contribution is 2.51. The summed E-state index contributed by atoms with van der Waals surface area (Å²) in [5, 5.41) is 20.5. The Kier molecular flexibility index (Phi) is 6.61. The van der Waals surface area contributed by atoms with E-state index in [0.717, 1.165) is 0 Å². The molecule has 0 atom stereocenters. The summed E-state index contributed by atoms with van der Waals surface area (Å²) in [7, 11) is 6.00. The Balaban J connectivity index is 2.43. The molecule has 1 aliphatic carbocycles. The minimum absolute atomic E-state index is 0.00411. The van der Waals surface area contributed by atoms with Gasteiger partial charge in [-0.05, 0) is 66.3 Å². The van der Waals surface area contributed by atoms with Gasteiger partial charge in [-0.3, -0.25) is 4.79 Å². The molecule has 0 amide bonds. The van der Waals surface area contributed by atoms with Crippen LogP contribution < -0.4 is 10.9 Å². The van der Waals surface area contributed by atoms with Gasteiger partial charge in [0.25, 0.3) is 0 Å². The first-order chi connectivity index (χ1) is 15.4. The second-order valence-corrected chi connectivity index (χ2v) is 10.6. The molecule has 1 aliphatic heterocycles. The molecule has 4 rings (SSSR count). The van der Waals surface area contributed by atoms with E-state index in [0.29, 0.717) is 22.1 Å². The Hall–Kier alpha value is -1.23. The van der Waals surface area contributed by atoms with Crippen LogP contribution in [0.5, 0.6) is 5.75 Å². The number of halogens is 6. The number of carbonyl (C=O) groups is 1. The van der Waals surface area contributed by atoms with Gasteiger partial charge >= 0.3 is 5.97 Å². The summed E-state index contributed by atoms with van der Waals surface area (Å²) >= 11 is 28.7. The highest BCUT2D eigenvalue weighted by molar-refractivity contribution is 9.11. The van der Waals surface area contributed by atoms with Crippen molar-refractivity contribution in [2.45, 2.75) is 6.92 Å². The molecule has 2 aromatic rings. The van der Waals surface area contributed by atoms with E-state index in [9.17, 15) is 19.8 Å². The fraction of sp³-hybridized carbons (Fsp3) is 0.0476. The fourth-order valence-electron chi connectivity index (χ4n) is 3.60. The van der Waals surface area contributed by atoms with Crippen LogP contribution in [0.3, 0.4) is 0 Å². The molecule has 33 heavy (non-hydrogen) atoms. The summed E-state index contributed by atoms with van der Waals surface area (Å²) in [5.41, 5.74) is 0.594. The first-order valence-corrected chi connectivity index (χ1v) is 12.4. The van der Waals surface area contributed by atoms with Gasteiger partial charge in [0, 0.05) is 22.1 Å². The predicted octanol–water partition coefficient (Wildman–Crippen LogP) is 7.32. The number of hydrogen-bond donors (Lipinski definition) is 2. The van der Waals surface area contributed by atoms with Crippen molar-refractivity contribution in [1.29, 1.82) is 0 Å². The van der Waals surface area contributed by atoms with E-state index in [1.807, 2.05) is 0 Å². The van der Waals surface area contributed by atoms with E-state index < -0.39 is 11.4 Å². The lowest BCUT2D eigenvalue weighted by Crippen LogP contribution is -2.11. The molecule has 2 N–H and O–H groups in total. The van der Waals surface area contributed by atoms with Crippen LogP contribution >= 0.6 is 82.6 Å². The van der Waals surface area contributed by atoms with Crippen LogP contribution in [0, 0.1) is 6.92 Å². The second-order valence-electron chi connectivity index (χ2n) is 6.98. The molecule has 0 spiro atoms. The zero-order valence-electron chi connectivity index (χ0n) is 16.1. The lowest BCUT2D eigenvalue weighted by atomic mass is 9.85. The quantitative estimate of drug-likeness (QED) is 0.130. The summed E-state index contributed by atoms with van der Waals surface area (Å²) in [4.78, 5) is 24.9. The van der Waals surface area contributed by atoms with Crippen LogP contribution in [0.1, 0.15) is 15.9 Å². The van der Waals surface area contributed by atoms with E-state index in [-0.39, 0.29) is 62.2 Å². The highest BCUT2D eigenvalue weighted by atomic mass is 79.9. The Labute approximate surface area is 227 Å². The average molecular weight is 696 g/mol. The third kappa shape index (κ3) is 3.72. The molecule has 2 aliphatic rings. The van der Waals surface area contributed by atoms with Crippen molar-refractivity contribution < 1.29 is 19.4 Å². The largest absolute Gasteiger partial charge is 0.507 e. The predicted molar refractivity (Wildman–Crippen MR) is 141 cm³/mol. The van der Waals surface area contributed by atoms with Gasteiger partial charge in [0.1, 0.15) is 22.5 Å². The molecule has 166 valence electrons. The van der Waals surface area contributed by atoms with Gasteiger partial charge in [-0.2, -0.15) is 0 Å². The molecular formula is C21H7BBr3Cl3O5. The van der Waals surface area contributed by atoms with Gasteiger partial charge in [0.05, 0.1) is 25.1 Å². The van der Waals surface area contributed by atoms with E-state index in [4.69, 9.17) is 47.1 Å². The number of fused-ring (bicyclic) bond motifs is 2. The van der Waals surface area contributed by atoms with Gasteiger partial charge in [-0.1, -0.05) is 46.3 Å². The van der Waals surface area contributed by atoms with Crippen LogP contribution in [0.15, 0.2) is 34.8 Å². The van der Waals surface area contributed by atoms with Gasteiger partial charge in [-0.25, -0.2) is 4.79 Å². The Bertz CT molecular complexity index is 1570. The topological polar surface area (TPSA) is 87.7 Å². The van der Waals surface area contributed by atoms with Gasteiger partial charge in [0.15, 0.2) is 11.3 Å². The molecule has 0 saturated heterocycles. The zero-order valence-corrected chi connectivity index (χ0v) is 23.1. The molecule has 0 fully saturated rings. The first-order valence-electron chi connectivity index (χ1n) is 8.84. The molecule has 0 unspecified atom stereocenters. The van der Waals surface area contributed by atoms with E-state index in [2.05, 4.69) is 47.8 Å². The van der Waals surface area contributed by atoms with Crippen LogP contribution in [0.25, 0.3) is 33.4 Å². The Morgan fingerprint density at radius 1 is 1.03 bits per heavy atom. The Morgan fingerprint density at radius 2 is 1.67 bits per heavy atom. The molecular weight excluding hydrogens is 689 g/mol. The van der Waals surface area contributed by atoms with Gasteiger partial charge in [-0.15, -0.1) is 0 Å². The highest BCUT2D eigenvalue weighted by Gasteiger charge is 2.31. The van der Waals surface area contributed by atoms with Gasteiger partial charge < -0.3 is 14.6 Å².